The van der Waals surface area contributed by atoms with Crippen molar-refractivity contribution >= 4 is 0 Å². The van der Waals surface area contributed by atoms with E-state index in [1.165, 1.54) is 12.8 Å². The van der Waals surface area contributed by atoms with Crippen molar-refractivity contribution in [3.05, 3.63) is 0 Å². The van der Waals surface area contributed by atoms with Crippen molar-refractivity contribution in [1.29, 1.82) is 0 Å². The molecule has 82 valence electrons. The number of aliphatic hydroxyl groups is 2. The standard InChI is InChI=1S/C11H21NO2/c13-9-5-8(6-9)7-12-10-3-1-2-4-11(10)14/h8-14H,1-7H2/t8?,9?,10-,11-/m0/s1. The average Bonchev–Trinajstić information content (AvgIpc) is 2.13. The van der Waals surface area contributed by atoms with Gasteiger partial charge >= 0.3 is 0 Å². The zero-order valence-corrected chi connectivity index (χ0v) is 8.65. The van der Waals surface area contributed by atoms with Gasteiger partial charge in [0, 0.05) is 6.04 Å². The van der Waals surface area contributed by atoms with E-state index in [2.05, 4.69) is 5.32 Å². The minimum atomic E-state index is -0.145. The van der Waals surface area contributed by atoms with Crippen molar-refractivity contribution in [3.63, 3.8) is 0 Å². The quantitative estimate of drug-likeness (QED) is 0.625. The highest BCUT2D eigenvalue weighted by Crippen LogP contribution is 2.27. The number of nitrogens with one attached hydrogen (secondary N) is 1. The first kappa shape index (κ1) is 10.4. The number of hydrogen-bond donors (Lipinski definition) is 3. The first-order valence-corrected chi connectivity index (χ1v) is 5.85. The van der Waals surface area contributed by atoms with E-state index in [9.17, 15) is 5.11 Å². The van der Waals surface area contributed by atoms with E-state index < -0.39 is 0 Å². The van der Waals surface area contributed by atoms with Crippen molar-refractivity contribution in [2.24, 2.45) is 5.92 Å². The Bertz CT molecular complexity index is 180. The predicted molar refractivity (Wildman–Crippen MR) is 55.0 cm³/mol. The van der Waals surface area contributed by atoms with Gasteiger partial charge in [0.1, 0.15) is 0 Å². The summed E-state index contributed by atoms with van der Waals surface area (Å²) in [7, 11) is 0. The minimum Gasteiger partial charge on any atom is -0.393 e. The Labute approximate surface area is 85.5 Å². The molecule has 0 heterocycles. The Morgan fingerprint density at radius 3 is 2.43 bits per heavy atom. The second kappa shape index (κ2) is 4.60. The lowest BCUT2D eigenvalue weighted by Crippen LogP contribution is -2.46. The molecule has 0 aliphatic heterocycles. The molecule has 0 spiro atoms. The maximum atomic E-state index is 9.71. The van der Waals surface area contributed by atoms with Crippen molar-refractivity contribution < 1.29 is 10.2 Å². The molecule has 2 rings (SSSR count). The van der Waals surface area contributed by atoms with Crippen molar-refractivity contribution in [2.45, 2.75) is 56.8 Å². The van der Waals surface area contributed by atoms with Crippen LogP contribution >= 0.6 is 0 Å². The van der Waals surface area contributed by atoms with Crippen LogP contribution in [0.15, 0.2) is 0 Å². The molecule has 2 atom stereocenters. The van der Waals surface area contributed by atoms with E-state index in [4.69, 9.17) is 5.11 Å². The second-order valence-electron chi connectivity index (χ2n) is 4.86. The fraction of sp³-hybridized carbons (Fsp3) is 1.00. The third-order valence-corrected chi connectivity index (χ3v) is 3.61. The van der Waals surface area contributed by atoms with E-state index >= 15 is 0 Å². The van der Waals surface area contributed by atoms with Gasteiger partial charge < -0.3 is 15.5 Å². The summed E-state index contributed by atoms with van der Waals surface area (Å²) < 4.78 is 0. The lowest BCUT2D eigenvalue weighted by Gasteiger charge is -2.35. The Morgan fingerprint density at radius 1 is 1.07 bits per heavy atom. The van der Waals surface area contributed by atoms with Gasteiger partial charge in [-0.2, -0.15) is 0 Å². The number of aliphatic hydroxyl groups excluding tert-OH is 2. The van der Waals surface area contributed by atoms with Crippen LogP contribution in [0.5, 0.6) is 0 Å². The molecule has 0 unspecified atom stereocenters. The van der Waals surface area contributed by atoms with Crippen molar-refractivity contribution in [2.75, 3.05) is 6.54 Å². The molecule has 0 aromatic heterocycles. The maximum absolute atomic E-state index is 9.71. The Balaban J connectivity index is 1.64. The van der Waals surface area contributed by atoms with E-state index in [1.807, 2.05) is 0 Å². The van der Waals surface area contributed by atoms with Crippen LogP contribution in [0.4, 0.5) is 0 Å². The van der Waals surface area contributed by atoms with Crippen LogP contribution in [-0.2, 0) is 0 Å². The highest BCUT2D eigenvalue weighted by Gasteiger charge is 2.29. The maximum Gasteiger partial charge on any atom is 0.0693 e. The summed E-state index contributed by atoms with van der Waals surface area (Å²) in [5.74, 6) is 0.638. The molecule has 3 N–H and O–H groups in total. The SMILES string of the molecule is OC1CC(CN[C@H]2CCCC[C@@H]2O)C1. The van der Waals surface area contributed by atoms with Crippen LogP contribution in [0.1, 0.15) is 38.5 Å². The summed E-state index contributed by atoms with van der Waals surface area (Å²) in [6, 6.07) is 0.307. The van der Waals surface area contributed by atoms with E-state index in [0.29, 0.717) is 12.0 Å². The normalized spacial score (nSPS) is 43.3. The minimum absolute atomic E-state index is 0.0573. The Hall–Kier alpha value is -0.120. The molecule has 0 bridgehead atoms. The monoisotopic (exact) mass is 199 g/mol. The van der Waals surface area contributed by atoms with Crippen LogP contribution in [-0.4, -0.2) is 35.0 Å². The largest absolute Gasteiger partial charge is 0.393 e. The van der Waals surface area contributed by atoms with Crippen molar-refractivity contribution in [1.82, 2.24) is 5.32 Å². The van der Waals surface area contributed by atoms with Crippen LogP contribution < -0.4 is 5.32 Å². The lowest BCUT2D eigenvalue weighted by atomic mass is 9.82. The summed E-state index contributed by atoms with van der Waals surface area (Å²) >= 11 is 0. The topological polar surface area (TPSA) is 52.5 Å². The second-order valence-corrected chi connectivity index (χ2v) is 4.86. The Kier molecular flexibility index (Phi) is 3.42. The average molecular weight is 199 g/mol. The molecule has 0 amide bonds. The van der Waals surface area contributed by atoms with Gasteiger partial charge in [-0.1, -0.05) is 12.8 Å². The first-order valence-electron chi connectivity index (χ1n) is 5.85. The van der Waals surface area contributed by atoms with Crippen molar-refractivity contribution in [3.8, 4) is 0 Å². The van der Waals surface area contributed by atoms with Gasteiger partial charge in [0.05, 0.1) is 12.2 Å². The molecule has 2 aliphatic carbocycles. The van der Waals surface area contributed by atoms with Gasteiger partial charge in [-0.3, -0.25) is 0 Å². The van der Waals surface area contributed by atoms with Crippen LogP contribution in [0.25, 0.3) is 0 Å². The van der Waals surface area contributed by atoms with Gasteiger partial charge in [0.2, 0.25) is 0 Å². The molecule has 14 heavy (non-hydrogen) atoms. The molecule has 3 nitrogen and oxygen atoms in total. The number of hydrogen-bond acceptors (Lipinski definition) is 3. The van der Waals surface area contributed by atoms with Gasteiger partial charge in [-0.25, -0.2) is 0 Å². The zero-order valence-electron chi connectivity index (χ0n) is 8.65. The fourth-order valence-corrected chi connectivity index (χ4v) is 2.53. The fourth-order valence-electron chi connectivity index (χ4n) is 2.53. The summed E-state index contributed by atoms with van der Waals surface area (Å²) in [6.07, 6.45) is 6.14. The van der Waals surface area contributed by atoms with E-state index in [1.54, 1.807) is 0 Å². The van der Waals surface area contributed by atoms with Crippen LogP contribution in [0, 0.1) is 5.92 Å². The lowest BCUT2D eigenvalue weighted by molar-refractivity contribution is 0.0339. The molecule has 3 heteroatoms. The molecule has 0 saturated heterocycles. The highest BCUT2D eigenvalue weighted by atomic mass is 16.3. The number of rotatable bonds is 3. The summed E-state index contributed by atoms with van der Waals surface area (Å²) in [5.41, 5.74) is 0. The smallest absolute Gasteiger partial charge is 0.0693 e. The third-order valence-electron chi connectivity index (χ3n) is 3.61. The molecule has 0 radical (unpaired) electrons. The molecular weight excluding hydrogens is 178 g/mol. The molecule has 2 saturated carbocycles. The molecular formula is C11H21NO2. The highest BCUT2D eigenvalue weighted by molar-refractivity contribution is 4.85. The van der Waals surface area contributed by atoms with Crippen LogP contribution in [0.2, 0.25) is 0 Å². The summed E-state index contributed by atoms with van der Waals surface area (Å²) in [5, 5.41) is 22.3. The van der Waals surface area contributed by atoms with Gasteiger partial charge in [0.25, 0.3) is 0 Å². The predicted octanol–water partition coefficient (Wildman–Crippen LogP) is 0.650. The Morgan fingerprint density at radius 2 is 1.79 bits per heavy atom. The van der Waals surface area contributed by atoms with Crippen LogP contribution in [0.3, 0.4) is 0 Å². The van der Waals surface area contributed by atoms with E-state index in [-0.39, 0.29) is 12.2 Å². The summed E-state index contributed by atoms with van der Waals surface area (Å²) in [6.45, 7) is 0.971. The third kappa shape index (κ3) is 2.47. The van der Waals surface area contributed by atoms with Gasteiger partial charge in [-0.15, -0.1) is 0 Å². The zero-order chi connectivity index (χ0) is 9.97. The molecule has 2 fully saturated rings. The first-order chi connectivity index (χ1) is 6.75. The van der Waals surface area contributed by atoms with Gasteiger partial charge in [0.15, 0.2) is 0 Å². The van der Waals surface area contributed by atoms with E-state index in [0.717, 1.165) is 32.2 Å². The molecule has 0 aromatic rings. The molecule has 2 aliphatic rings. The van der Waals surface area contributed by atoms with Gasteiger partial charge in [-0.05, 0) is 38.1 Å². The summed E-state index contributed by atoms with van der Waals surface area (Å²) in [4.78, 5) is 0. The molecule has 0 aromatic carbocycles.